The lowest BCUT2D eigenvalue weighted by molar-refractivity contribution is 0.0992. The number of hydrogen-bond acceptors (Lipinski definition) is 4. The highest BCUT2D eigenvalue weighted by molar-refractivity contribution is 6.01. The molecule has 0 bridgehead atoms. The van der Waals surface area contributed by atoms with Crippen LogP contribution in [0.3, 0.4) is 0 Å². The lowest BCUT2D eigenvalue weighted by Crippen LogP contribution is -2.12. The highest BCUT2D eigenvalue weighted by Gasteiger charge is 2.14. The fourth-order valence-corrected chi connectivity index (χ4v) is 3.52. The van der Waals surface area contributed by atoms with Gasteiger partial charge >= 0.3 is 0 Å². The molecule has 0 aliphatic carbocycles. The molecule has 33 heavy (non-hydrogen) atoms. The van der Waals surface area contributed by atoms with Crippen LogP contribution in [0.1, 0.15) is 21.9 Å². The van der Waals surface area contributed by atoms with Crippen LogP contribution >= 0.6 is 0 Å². The van der Waals surface area contributed by atoms with E-state index in [9.17, 15) is 9.18 Å². The summed E-state index contributed by atoms with van der Waals surface area (Å²) in [6.45, 7) is 0.667. The maximum atomic E-state index is 13.0. The molecule has 164 valence electrons. The van der Waals surface area contributed by atoms with Crippen molar-refractivity contribution in [1.82, 2.24) is 9.78 Å². The Morgan fingerprint density at radius 2 is 1.79 bits per heavy atom. The SMILES string of the molecule is O=C(Nc1ccn(Cc2ccc(F)cc2)n1)c1ccc(COc2cccc3ccccc23)o1. The van der Waals surface area contributed by atoms with Crippen LogP contribution in [-0.4, -0.2) is 15.7 Å². The van der Waals surface area contributed by atoms with E-state index >= 15 is 0 Å². The number of carbonyl (C=O) groups excluding carboxylic acids is 1. The van der Waals surface area contributed by atoms with Crippen LogP contribution in [0.15, 0.2) is 95.5 Å². The van der Waals surface area contributed by atoms with Crippen molar-refractivity contribution in [2.24, 2.45) is 0 Å². The predicted molar refractivity (Wildman–Crippen MR) is 123 cm³/mol. The average Bonchev–Trinajstić information content (AvgIpc) is 3.49. The molecule has 0 atom stereocenters. The Bertz CT molecular complexity index is 1400. The largest absolute Gasteiger partial charge is 0.485 e. The molecular formula is C26H20FN3O3. The predicted octanol–water partition coefficient (Wildman–Crippen LogP) is 5.65. The lowest BCUT2D eigenvalue weighted by Gasteiger charge is -2.07. The summed E-state index contributed by atoms with van der Waals surface area (Å²) >= 11 is 0. The maximum absolute atomic E-state index is 13.0. The number of hydrogen-bond donors (Lipinski definition) is 1. The summed E-state index contributed by atoms with van der Waals surface area (Å²) in [5, 5.41) is 9.15. The van der Waals surface area contributed by atoms with E-state index < -0.39 is 5.91 Å². The van der Waals surface area contributed by atoms with Crippen LogP contribution in [0, 0.1) is 5.82 Å². The summed E-state index contributed by atoms with van der Waals surface area (Å²) in [4.78, 5) is 12.5. The Labute approximate surface area is 189 Å². The third kappa shape index (κ3) is 4.77. The van der Waals surface area contributed by atoms with Gasteiger partial charge in [-0.1, -0.05) is 48.5 Å². The second kappa shape index (κ2) is 9.00. The number of amides is 1. The third-order valence-corrected chi connectivity index (χ3v) is 5.15. The van der Waals surface area contributed by atoms with Gasteiger partial charge in [0.25, 0.3) is 5.91 Å². The van der Waals surface area contributed by atoms with E-state index in [1.165, 1.54) is 12.1 Å². The van der Waals surface area contributed by atoms with Crippen molar-refractivity contribution in [2.45, 2.75) is 13.2 Å². The fourth-order valence-electron chi connectivity index (χ4n) is 3.52. The molecule has 5 rings (SSSR count). The van der Waals surface area contributed by atoms with Gasteiger partial charge in [0.15, 0.2) is 11.6 Å². The van der Waals surface area contributed by atoms with Gasteiger partial charge in [-0.15, -0.1) is 0 Å². The van der Waals surface area contributed by atoms with Crippen molar-refractivity contribution in [3.05, 3.63) is 114 Å². The molecular weight excluding hydrogens is 421 g/mol. The van der Waals surface area contributed by atoms with Gasteiger partial charge in [0.1, 0.15) is 23.9 Å². The monoisotopic (exact) mass is 441 g/mol. The van der Waals surface area contributed by atoms with Gasteiger partial charge in [0.2, 0.25) is 0 Å². The van der Waals surface area contributed by atoms with Crippen molar-refractivity contribution in [3.63, 3.8) is 0 Å². The first kappa shape index (κ1) is 20.5. The Kier molecular flexibility index (Phi) is 5.59. The topological polar surface area (TPSA) is 69.3 Å². The molecule has 0 spiro atoms. The van der Waals surface area contributed by atoms with Gasteiger partial charge in [0, 0.05) is 17.6 Å². The number of nitrogens with one attached hydrogen (secondary N) is 1. The number of furan rings is 1. The number of anilines is 1. The summed E-state index contributed by atoms with van der Waals surface area (Å²) in [6, 6.07) is 25.0. The number of rotatable bonds is 7. The molecule has 0 saturated carbocycles. The highest BCUT2D eigenvalue weighted by Crippen LogP contribution is 2.26. The van der Waals surface area contributed by atoms with E-state index in [2.05, 4.69) is 10.4 Å². The highest BCUT2D eigenvalue weighted by atomic mass is 19.1. The molecule has 1 amide bonds. The van der Waals surface area contributed by atoms with E-state index in [0.29, 0.717) is 18.1 Å². The zero-order valence-corrected chi connectivity index (χ0v) is 17.6. The molecule has 6 nitrogen and oxygen atoms in total. The standard InChI is InChI=1S/C26H20FN3O3/c27-20-10-8-18(9-11-20)16-30-15-14-25(29-30)28-26(31)24-13-12-21(33-24)17-32-23-7-3-5-19-4-1-2-6-22(19)23/h1-15H,16-17H2,(H,28,29,31). The van der Waals surface area contributed by atoms with E-state index in [0.717, 1.165) is 22.1 Å². The average molecular weight is 441 g/mol. The van der Waals surface area contributed by atoms with E-state index in [1.807, 2.05) is 42.5 Å². The summed E-state index contributed by atoms with van der Waals surface area (Å²) in [6.07, 6.45) is 1.74. The first-order valence-corrected chi connectivity index (χ1v) is 10.4. The van der Waals surface area contributed by atoms with Crippen molar-refractivity contribution in [2.75, 3.05) is 5.32 Å². The number of halogens is 1. The van der Waals surface area contributed by atoms with Crippen LogP contribution in [0.4, 0.5) is 10.2 Å². The molecule has 5 aromatic rings. The van der Waals surface area contributed by atoms with Gasteiger partial charge in [-0.25, -0.2) is 4.39 Å². The van der Waals surface area contributed by atoms with Crippen molar-refractivity contribution in [1.29, 1.82) is 0 Å². The molecule has 0 aliphatic heterocycles. The van der Waals surface area contributed by atoms with Gasteiger partial charge in [-0.3, -0.25) is 9.48 Å². The number of fused-ring (bicyclic) bond motifs is 1. The van der Waals surface area contributed by atoms with Crippen LogP contribution in [0.25, 0.3) is 10.8 Å². The van der Waals surface area contributed by atoms with Crippen LogP contribution in [-0.2, 0) is 13.2 Å². The first-order chi connectivity index (χ1) is 16.1. The van der Waals surface area contributed by atoms with E-state index in [1.54, 1.807) is 41.2 Å². The molecule has 0 fully saturated rings. The molecule has 2 aromatic heterocycles. The zero-order chi connectivity index (χ0) is 22.6. The summed E-state index contributed by atoms with van der Waals surface area (Å²) in [5.74, 6) is 1.16. The molecule has 0 saturated heterocycles. The third-order valence-electron chi connectivity index (χ3n) is 5.15. The number of ether oxygens (including phenoxy) is 1. The van der Waals surface area contributed by atoms with Crippen molar-refractivity contribution >= 4 is 22.5 Å². The molecule has 0 unspecified atom stereocenters. The Balaban J connectivity index is 1.20. The lowest BCUT2D eigenvalue weighted by atomic mass is 10.1. The smallest absolute Gasteiger partial charge is 0.292 e. The van der Waals surface area contributed by atoms with Crippen LogP contribution < -0.4 is 10.1 Å². The van der Waals surface area contributed by atoms with E-state index in [4.69, 9.17) is 9.15 Å². The summed E-state index contributed by atoms with van der Waals surface area (Å²) < 4.78 is 26.3. The molecule has 2 heterocycles. The minimum absolute atomic E-state index is 0.166. The molecule has 3 aromatic carbocycles. The fraction of sp³-hybridized carbons (Fsp3) is 0.0769. The normalized spacial score (nSPS) is 10.9. The zero-order valence-electron chi connectivity index (χ0n) is 17.6. The van der Waals surface area contributed by atoms with Crippen LogP contribution in [0.5, 0.6) is 5.75 Å². The van der Waals surface area contributed by atoms with Gasteiger partial charge < -0.3 is 14.5 Å². The second-order valence-electron chi connectivity index (χ2n) is 7.51. The first-order valence-electron chi connectivity index (χ1n) is 10.4. The Hall–Kier alpha value is -4.39. The number of benzene rings is 3. The molecule has 1 N–H and O–H groups in total. The van der Waals surface area contributed by atoms with Gasteiger partial charge in [-0.05, 0) is 41.3 Å². The Morgan fingerprint density at radius 1 is 0.970 bits per heavy atom. The maximum Gasteiger partial charge on any atom is 0.292 e. The number of nitrogens with zero attached hydrogens (tertiary/aromatic N) is 2. The minimum atomic E-state index is -0.404. The molecule has 7 heteroatoms. The summed E-state index contributed by atoms with van der Waals surface area (Å²) in [5.41, 5.74) is 0.902. The van der Waals surface area contributed by atoms with Crippen molar-refractivity contribution in [3.8, 4) is 5.75 Å². The van der Waals surface area contributed by atoms with Crippen LogP contribution in [0.2, 0.25) is 0 Å². The Morgan fingerprint density at radius 3 is 2.67 bits per heavy atom. The summed E-state index contributed by atoms with van der Waals surface area (Å²) in [7, 11) is 0. The number of carbonyl (C=O) groups is 1. The van der Waals surface area contributed by atoms with Gasteiger partial charge in [0.05, 0.1) is 6.54 Å². The molecule has 0 radical (unpaired) electrons. The number of aromatic nitrogens is 2. The minimum Gasteiger partial charge on any atom is -0.485 e. The van der Waals surface area contributed by atoms with Gasteiger partial charge in [-0.2, -0.15) is 5.10 Å². The molecule has 0 aliphatic rings. The quantitative estimate of drug-likeness (QED) is 0.354. The second-order valence-corrected chi connectivity index (χ2v) is 7.51. The van der Waals surface area contributed by atoms with Crippen molar-refractivity contribution < 1.29 is 18.3 Å². The van der Waals surface area contributed by atoms with E-state index in [-0.39, 0.29) is 18.2 Å².